The number of hydrogen-bond donors (Lipinski definition) is 3. The molecule has 1 amide bonds. The number of rotatable bonds is 5. The molecule has 0 saturated carbocycles. The quantitative estimate of drug-likeness (QED) is 0.714. The van der Waals surface area contributed by atoms with Crippen LogP contribution in [-0.2, 0) is 4.79 Å². The number of piperazine rings is 1. The zero-order valence-corrected chi connectivity index (χ0v) is 15.7. The molecule has 1 aromatic carbocycles. The third-order valence-corrected chi connectivity index (χ3v) is 4.76. The van der Waals surface area contributed by atoms with E-state index in [1.807, 2.05) is 43.0 Å². The molecule has 0 spiro atoms. The summed E-state index contributed by atoms with van der Waals surface area (Å²) in [5, 5.41) is 3.05. The van der Waals surface area contributed by atoms with Crippen LogP contribution in [0.4, 0.5) is 11.8 Å². The summed E-state index contributed by atoms with van der Waals surface area (Å²) in [6.45, 7) is 7.22. The standard InChI is InChI=1S/C19H26N6O2/c1-13-3-5-15(6-4-13)14(2)21-18(27)12-24-7-9-25(10-8-24)16-11-17(26)23-19(20)22-16/h3-6,11,14H,7-10,12H2,1-2H3,(H,21,27)(H3,20,22,23,26). The minimum Gasteiger partial charge on any atom is -0.369 e. The lowest BCUT2D eigenvalue weighted by Gasteiger charge is -2.35. The first-order valence-electron chi connectivity index (χ1n) is 9.11. The number of carbonyl (C=O) groups excluding carboxylic acids is 1. The van der Waals surface area contributed by atoms with Gasteiger partial charge in [0.05, 0.1) is 12.6 Å². The molecular formula is C19H26N6O2. The summed E-state index contributed by atoms with van der Waals surface area (Å²) in [6, 6.07) is 9.60. The fraction of sp³-hybridized carbons (Fsp3) is 0.421. The maximum atomic E-state index is 12.4. The minimum absolute atomic E-state index is 0.00931. The van der Waals surface area contributed by atoms with Gasteiger partial charge in [0.15, 0.2) is 0 Å². The Kier molecular flexibility index (Phi) is 5.75. The van der Waals surface area contributed by atoms with E-state index in [-0.39, 0.29) is 23.5 Å². The van der Waals surface area contributed by atoms with E-state index < -0.39 is 0 Å². The molecule has 4 N–H and O–H groups in total. The zero-order valence-electron chi connectivity index (χ0n) is 15.7. The van der Waals surface area contributed by atoms with Crippen molar-refractivity contribution in [3.05, 3.63) is 51.8 Å². The third-order valence-electron chi connectivity index (χ3n) is 4.76. The summed E-state index contributed by atoms with van der Waals surface area (Å²) in [5.41, 5.74) is 7.64. The number of aryl methyl sites for hydroxylation is 1. The van der Waals surface area contributed by atoms with Gasteiger partial charge in [-0.3, -0.25) is 19.5 Å². The highest BCUT2D eigenvalue weighted by Gasteiger charge is 2.21. The van der Waals surface area contributed by atoms with Crippen molar-refractivity contribution in [3.63, 3.8) is 0 Å². The monoisotopic (exact) mass is 370 g/mol. The molecule has 1 aliphatic rings. The van der Waals surface area contributed by atoms with Crippen LogP contribution < -0.4 is 21.5 Å². The first-order valence-corrected chi connectivity index (χ1v) is 9.11. The van der Waals surface area contributed by atoms with Crippen molar-refractivity contribution in [3.8, 4) is 0 Å². The number of H-pyrrole nitrogens is 1. The summed E-state index contributed by atoms with van der Waals surface area (Å²) >= 11 is 0. The minimum atomic E-state index is -0.260. The van der Waals surface area contributed by atoms with E-state index in [1.165, 1.54) is 11.6 Å². The van der Waals surface area contributed by atoms with Crippen LogP contribution in [0.5, 0.6) is 0 Å². The van der Waals surface area contributed by atoms with Gasteiger partial charge in [-0.15, -0.1) is 0 Å². The van der Waals surface area contributed by atoms with E-state index >= 15 is 0 Å². The maximum Gasteiger partial charge on any atom is 0.254 e. The maximum absolute atomic E-state index is 12.4. The zero-order chi connectivity index (χ0) is 19.4. The van der Waals surface area contributed by atoms with Gasteiger partial charge in [0, 0.05) is 32.2 Å². The van der Waals surface area contributed by atoms with Gasteiger partial charge in [-0.2, -0.15) is 4.98 Å². The number of anilines is 2. The Balaban J connectivity index is 1.49. The number of aromatic amines is 1. The molecular weight excluding hydrogens is 344 g/mol. The summed E-state index contributed by atoms with van der Waals surface area (Å²) in [6.07, 6.45) is 0. The largest absolute Gasteiger partial charge is 0.369 e. The van der Waals surface area contributed by atoms with E-state index in [1.54, 1.807) is 0 Å². The van der Waals surface area contributed by atoms with Crippen molar-refractivity contribution in [2.45, 2.75) is 19.9 Å². The molecule has 2 aromatic rings. The van der Waals surface area contributed by atoms with Gasteiger partial charge in [0.25, 0.3) is 5.56 Å². The summed E-state index contributed by atoms with van der Waals surface area (Å²) in [7, 11) is 0. The normalized spacial score (nSPS) is 16.1. The Morgan fingerprint density at radius 2 is 1.93 bits per heavy atom. The van der Waals surface area contributed by atoms with Gasteiger partial charge in [0.2, 0.25) is 11.9 Å². The Morgan fingerprint density at radius 3 is 2.56 bits per heavy atom. The highest BCUT2D eigenvalue weighted by molar-refractivity contribution is 5.78. The number of nitrogens with one attached hydrogen (secondary N) is 2. The molecule has 27 heavy (non-hydrogen) atoms. The van der Waals surface area contributed by atoms with Crippen LogP contribution in [0.1, 0.15) is 24.1 Å². The number of nitrogen functional groups attached to an aromatic ring is 1. The smallest absolute Gasteiger partial charge is 0.254 e. The van der Waals surface area contributed by atoms with Crippen molar-refractivity contribution < 1.29 is 4.79 Å². The molecule has 1 atom stereocenters. The summed E-state index contributed by atoms with van der Waals surface area (Å²) < 4.78 is 0. The fourth-order valence-corrected chi connectivity index (χ4v) is 3.19. The van der Waals surface area contributed by atoms with Crippen LogP contribution in [0, 0.1) is 6.92 Å². The molecule has 144 valence electrons. The predicted molar refractivity (Wildman–Crippen MR) is 106 cm³/mol. The van der Waals surface area contributed by atoms with Crippen LogP contribution in [0.25, 0.3) is 0 Å². The van der Waals surface area contributed by atoms with Crippen LogP contribution in [0.15, 0.2) is 35.1 Å². The highest BCUT2D eigenvalue weighted by atomic mass is 16.2. The Morgan fingerprint density at radius 1 is 1.26 bits per heavy atom. The highest BCUT2D eigenvalue weighted by Crippen LogP contribution is 2.14. The molecule has 1 aromatic heterocycles. The molecule has 1 saturated heterocycles. The van der Waals surface area contributed by atoms with E-state index in [2.05, 4.69) is 20.2 Å². The van der Waals surface area contributed by atoms with Crippen LogP contribution in [0.2, 0.25) is 0 Å². The number of aromatic nitrogens is 2. The summed E-state index contributed by atoms with van der Waals surface area (Å²) in [5.74, 6) is 0.702. The molecule has 3 rings (SSSR count). The second kappa shape index (κ2) is 8.22. The molecule has 8 nitrogen and oxygen atoms in total. The van der Waals surface area contributed by atoms with Gasteiger partial charge in [-0.05, 0) is 19.4 Å². The van der Waals surface area contributed by atoms with Crippen molar-refractivity contribution in [2.75, 3.05) is 43.4 Å². The molecule has 1 fully saturated rings. The van der Waals surface area contributed by atoms with Crippen molar-refractivity contribution in [1.82, 2.24) is 20.2 Å². The lowest BCUT2D eigenvalue weighted by Crippen LogP contribution is -2.50. The molecule has 0 aliphatic carbocycles. The van der Waals surface area contributed by atoms with E-state index in [0.29, 0.717) is 25.5 Å². The lowest BCUT2D eigenvalue weighted by molar-refractivity contribution is -0.123. The van der Waals surface area contributed by atoms with Gasteiger partial charge >= 0.3 is 0 Å². The molecule has 0 bridgehead atoms. The summed E-state index contributed by atoms with van der Waals surface area (Å²) in [4.78, 5) is 34.6. The number of hydrogen-bond acceptors (Lipinski definition) is 6. The second-order valence-corrected chi connectivity index (χ2v) is 6.95. The number of nitrogens with two attached hydrogens (primary N) is 1. The third kappa shape index (κ3) is 5.07. The Bertz CT molecular complexity index is 840. The van der Waals surface area contributed by atoms with E-state index in [9.17, 15) is 9.59 Å². The number of amides is 1. The predicted octanol–water partition coefficient (Wildman–Crippen LogP) is 0.660. The molecule has 2 heterocycles. The Hall–Kier alpha value is -2.87. The Labute approximate surface area is 158 Å². The SMILES string of the molecule is Cc1ccc(C(C)NC(=O)CN2CCN(c3cc(=O)[nH]c(N)n3)CC2)cc1. The topological polar surface area (TPSA) is 107 Å². The van der Waals surface area contributed by atoms with E-state index in [4.69, 9.17) is 5.73 Å². The van der Waals surface area contributed by atoms with Gasteiger partial charge < -0.3 is 16.0 Å². The molecule has 8 heteroatoms. The molecule has 1 aliphatic heterocycles. The number of benzene rings is 1. The van der Waals surface area contributed by atoms with Gasteiger partial charge in [-0.1, -0.05) is 29.8 Å². The average Bonchev–Trinajstić information content (AvgIpc) is 2.62. The fourth-order valence-electron chi connectivity index (χ4n) is 3.19. The lowest BCUT2D eigenvalue weighted by atomic mass is 10.1. The number of carbonyl (C=O) groups is 1. The molecule has 1 unspecified atom stereocenters. The van der Waals surface area contributed by atoms with Crippen molar-refractivity contribution in [1.29, 1.82) is 0 Å². The van der Waals surface area contributed by atoms with Crippen LogP contribution in [-0.4, -0.2) is 53.5 Å². The van der Waals surface area contributed by atoms with Gasteiger partial charge in [-0.25, -0.2) is 0 Å². The van der Waals surface area contributed by atoms with Crippen LogP contribution in [0.3, 0.4) is 0 Å². The van der Waals surface area contributed by atoms with Crippen LogP contribution >= 0.6 is 0 Å². The van der Waals surface area contributed by atoms with Gasteiger partial charge in [0.1, 0.15) is 5.82 Å². The van der Waals surface area contributed by atoms with E-state index in [0.717, 1.165) is 18.7 Å². The van der Waals surface area contributed by atoms with Crippen molar-refractivity contribution >= 4 is 17.7 Å². The van der Waals surface area contributed by atoms with Crippen molar-refractivity contribution in [2.24, 2.45) is 0 Å². The number of nitrogens with zero attached hydrogens (tertiary/aromatic N) is 3. The molecule has 0 radical (unpaired) electrons. The first kappa shape index (κ1) is 18.9. The first-order chi connectivity index (χ1) is 12.9. The second-order valence-electron chi connectivity index (χ2n) is 6.95. The average molecular weight is 370 g/mol.